The Kier molecular flexibility index (Phi) is 5.52. The van der Waals surface area contributed by atoms with E-state index in [0.717, 1.165) is 4.90 Å². The summed E-state index contributed by atoms with van der Waals surface area (Å²) in [5, 5.41) is 9.85. The molecule has 0 unspecified atom stereocenters. The summed E-state index contributed by atoms with van der Waals surface area (Å²) in [6.45, 7) is 0. The number of aromatic hydroxyl groups is 1. The molecular formula is C17H15ClO3S. The molecule has 0 radical (unpaired) electrons. The van der Waals surface area contributed by atoms with Crippen LogP contribution in [0.15, 0.2) is 47.4 Å². The summed E-state index contributed by atoms with van der Waals surface area (Å²) in [7, 11) is 1.44. The highest BCUT2D eigenvalue weighted by Crippen LogP contribution is 2.35. The number of hydrogen-bond donors (Lipinski definition) is 1. The minimum Gasteiger partial charge on any atom is -0.503 e. The predicted molar refractivity (Wildman–Crippen MR) is 91.3 cm³/mol. The number of rotatable bonds is 5. The van der Waals surface area contributed by atoms with Crippen molar-refractivity contribution in [3.8, 4) is 11.5 Å². The van der Waals surface area contributed by atoms with Crippen molar-refractivity contribution in [1.29, 1.82) is 0 Å². The Balaban J connectivity index is 2.20. The van der Waals surface area contributed by atoms with Gasteiger partial charge in [0.25, 0.3) is 0 Å². The van der Waals surface area contributed by atoms with E-state index in [-0.39, 0.29) is 22.3 Å². The van der Waals surface area contributed by atoms with Gasteiger partial charge >= 0.3 is 0 Å². The normalized spacial score (nSPS) is 10.9. The van der Waals surface area contributed by atoms with Crippen molar-refractivity contribution in [1.82, 2.24) is 0 Å². The molecule has 1 N–H and O–H groups in total. The van der Waals surface area contributed by atoms with E-state index >= 15 is 0 Å². The first-order valence-electron chi connectivity index (χ1n) is 6.48. The van der Waals surface area contributed by atoms with Gasteiger partial charge in [-0.05, 0) is 54.3 Å². The van der Waals surface area contributed by atoms with Gasteiger partial charge in [-0.15, -0.1) is 11.8 Å². The quantitative estimate of drug-likeness (QED) is 0.490. The van der Waals surface area contributed by atoms with E-state index in [0.29, 0.717) is 11.1 Å². The lowest BCUT2D eigenvalue weighted by Crippen LogP contribution is -1.93. The van der Waals surface area contributed by atoms with E-state index in [2.05, 4.69) is 0 Å². The molecule has 3 nitrogen and oxygen atoms in total. The number of allylic oxidation sites excluding steroid dienone is 1. The number of carbonyl (C=O) groups excluding carboxylic acids is 1. The minimum atomic E-state index is -0.111. The van der Waals surface area contributed by atoms with E-state index in [9.17, 15) is 9.90 Å². The number of benzene rings is 2. The molecule has 0 saturated carbocycles. The van der Waals surface area contributed by atoms with Crippen LogP contribution in [-0.2, 0) is 0 Å². The number of carbonyl (C=O) groups is 1. The third-order valence-electron chi connectivity index (χ3n) is 3.07. The molecule has 2 rings (SSSR count). The van der Waals surface area contributed by atoms with Crippen molar-refractivity contribution in [2.75, 3.05) is 13.4 Å². The maximum absolute atomic E-state index is 12.1. The highest BCUT2D eigenvalue weighted by atomic mass is 35.5. The Bertz CT molecular complexity index is 709. The fourth-order valence-electron chi connectivity index (χ4n) is 1.87. The first-order valence-corrected chi connectivity index (χ1v) is 8.08. The first-order chi connectivity index (χ1) is 10.5. The molecule has 0 atom stereocenters. The summed E-state index contributed by atoms with van der Waals surface area (Å²) in [4.78, 5) is 13.2. The average molecular weight is 335 g/mol. The second-order valence-corrected chi connectivity index (χ2v) is 5.77. The molecule has 0 saturated heterocycles. The Labute approximate surface area is 138 Å². The molecular weight excluding hydrogens is 320 g/mol. The molecule has 0 amide bonds. The van der Waals surface area contributed by atoms with Crippen LogP contribution in [0.1, 0.15) is 15.9 Å². The van der Waals surface area contributed by atoms with E-state index in [4.69, 9.17) is 16.3 Å². The number of halogens is 1. The fourth-order valence-corrected chi connectivity index (χ4v) is 2.50. The smallest absolute Gasteiger partial charge is 0.185 e. The highest BCUT2D eigenvalue weighted by Gasteiger charge is 2.08. The number of thioether (sulfide) groups is 1. The molecule has 0 bridgehead atoms. The highest BCUT2D eigenvalue weighted by molar-refractivity contribution is 7.98. The molecule has 0 fully saturated rings. The summed E-state index contributed by atoms with van der Waals surface area (Å²) in [5.41, 5.74) is 1.29. The number of phenols is 1. The second-order valence-electron chi connectivity index (χ2n) is 4.48. The van der Waals surface area contributed by atoms with Crippen LogP contribution in [-0.4, -0.2) is 24.3 Å². The molecule has 114 valence electrons. The number of ether oxygens (including phenoxy) is 1. The van der Waals surface area contributed by atoms with Crippen molar-refractivity contribution in [2.24, 2.45) is 0 Å². The molecule has 0 spiro atoms. The summed E-state index contributed by atoms with van der Waals surface area (Å²) < 4.78 is 5.03. The van der Waals surface area contributed by atoms with Gasteiger partial charge in [-0.3, -0.25) is 4.79 Å². The van der Waals surface area contributed by atoms with E-state index < -0.39 is 0 Å². The molecule has 0 aliphatic carbocycles. The average Bonchev–Trinajstić information content (AvgIpc) is 2.55. The zero-order chi connectivity index (χ0) is 16.1. The predicted octanol–water partition coefficient (Wildman–Crippen LogP) is 4.67. The minimum absolute atomic E-state index is 0.101. The third kappa shape index (κ3) is 3.84. The zero-order valence-corrected chi connectivity index (χ0v) is 13.7. The van der Waals surface area contributed by atoms with Crippen molar-refractivity contribution in [3.63, 3.8) is 0 Å². The number of hydrogen-bond acceptors (Lipinski definition) is 4. The molecule has 0 aliphatic heterocycles. The summed E-state index contributed by atoms with van der Waals surface area (Å²) in [5.74, 6) is 0.0556. The van der Waals surface area contributed by atoms with Crippen LogP contribution < -0.4 is 4.74 Å². The summed E-state index contributed by atoms with van der Waals surface area (Å²) in [6, 6.07) is 10.6. The van der Waals surface area contributed by atoms with Crippen LogP contribution in [0.2, 0.25) is 5.02 Å². The number of ketones is 1. The SMILES string of the molecule is COc1cc(/C=C/C(=O)c2ccc(SC)cc2)cc(Cl)c1O. The topological polar surface area (TPSA) is 46.5 Å². The van der Waals surface area contributed by atoms with Crippen molar-refractivity contribution < 1.29 is 14.6 Å². The molecule has 0 heterocycles. The zero-order valence-electron chi connectivity index (χ0n) is 12.2. The van der Waals surface area contributed by atoms with E-state index in [1.54, 1.807) is 42.1 Å². The third-order valence-corrected chi connectivity index (χ3v) is 4.10. The van der Waals surface area contributed by atoms with Crippen molar-refractivity contribution in [3.05, 3.63) is 58.6 Å². The molecule has 5 heteroatoms. The number of phenolic OH excluding ortho intramolecular Hbond substituents is 1. The van der Waals surface area contributed by atoms with E-state index in [1.165, 1.54) is 13.2 Å². The van der Waals surface area contributed by atoms with Gasteiger partial charge in [0.2, 0.25) is 0 Å². The summed E-state index contributed by atoms with van der Waals surface area (Å²) >= 11 is 7.54. The monoisotopic (exact) mass is 334 g/mol. The van der Waals surface area contributed by atoms with Gasteiger partial charge in [0, 0.05) is 10.5 Å². The van der Waals surface area contributed by atoms with Gasteiger partial charge in [0.15, 0.2) is 17.3 Å². The van der Waals surface area contributed by atoms with E-state index in [1.807, 2.05) is 18.4 Å². The fraction of sp³-hybridized carbons (Fsp3) is 0.118. The van der Waals surface area contributed by atoms with Crippen LogP contribution in [0, 0.1) is 0 Å². The Morgan fingerprint density at radius 3 is 2.55 bits per heavy atom. The van der Waals surface area contributed by atoms with Crippen LogP contribution in [0.5, 0.6) is 11.5 Å². The van der Waals surface area contributed by atoms with Gasteiger partial charge in [-0.1, -0.05) is 17.7 Å². The lowest BCUT2D eigenvalue weighted by molar-refractivity contribution is 0.104. The van der Waals surface area contributed by atoms with Gasteiger partial charge < -0.3 is 9.84 Å². The number of methoxy groups -OCH3 is 1. The Morgan fingerprint density at radius 2 is 1.95 bits per heavy atom. The molecule has 0 aliphatic rings. The largest absolute Gasteiger partial charge is 0.503 e. The molecule has 22 heavy (non-hydrogen) atoms. The molecule has 0 aromatic heterocycles. The van der Waals surface area contributed by atoms with Crippen LogP contribution in [0.25, 0.3) is 6.08 Å². The van der Waals surface area contributed by atoms with Crippen LogP contribution in [0.3, 0.4) is 0 Å². The van der Waals surface area contributed by atoms with Crippen LogP contribution >= 0.6 is 23.4 Å². The van der Waals surface area contributed by atoms with Crippen molar-refractivity contribution in [2.45, 2.75) is 4.90 Å². The lowest BCUT2D eigenvalue weighted by atomic mass is 10.1. The van der Waals surface area contributed by atoms with Gasteiger partial charge in [0.05, 0.1) is 12.1 Å². The summed E-state index contributed by atoms with van der Waals surface area (Å²) in [6.07, 6.45) is 5.09. The lowest BCUT2D eigenvalue weighted by Gasteiger charge is -2.06. The molecule has 2 aromatic rings. The maximum Gasteiger partial charge on any atom is 0.185 e. The molecule has 2 aromatic carbocycles. The van der Waals surface area contributed by atoms with Crippen LogP contribution in [0.4, 0.5) is 0 Å². The second kappa shape index (κ2) is 7.38. The van der Waals surface area contributed by atoms with Gasteiger partial charge in [-0.2, -0.15) is 0 Å². The maximum atomic E-state index is 12.1. The first kappa shape index (κ1) is 16.5. The van der Waals surface area contributed by atoms with Gasteiger partial charge in [-0.25, -0.2) is 0 Å². The van der Waals surface area contributed by atoms with Gasteiger partial charge in [0.1, 0.15) is 0 Å². The van der Waals surface area contributed by atoms with Crippen molar-refractivity contribution >= 4 is 35.2 Å². The Morgan fingerprint density at radius 1 is 1.27 bits per heavy atom. The standard InChI is InChI=1S/C17H15ClO3S/c1-21-16-10-11(9-14(18)17(16)20)3-8-15(19)12-4-6-13(22-2)7-5-12/h3-10,20H,1-2H3/b8-3+. The Hall–Kier alpha value is -1.91.